The third-order valence-corrected chi connectivity index (χ3v) is 3.71. The second-order valence-electron chi connectivity index (χ2n) is 5.63. The summed E-state index contributed by atoms with van der Waals surface area (Å²) in [6, 6.07) is 17.7. The summed E-state index contributed by atoms with van der Waals surface area (Å²) in [5, 5.41) is 11.9. The van der Waals surface area contributed by atoms with E-state index in [0.29, 0.717) is 17.5 Å². The summed E-state index contributed by atoms with van der Waals surface area (Å²) < 4.78 is 19.7. The molecule has 0 bridgehead atoms. The van der Waals surface area contributed by atoms with Gasteiger partial charge >= 0.3 is 0 Å². The van der Waals surface area contributed by atoms with Gasteiger partial charge in [-0.15, -0.1) is 0 Å². The standard InChI is InChI=1S/C19H15FN4O/c1-12-10-18(24-23-12)21-17-11-13-6-2-3-7-14(13)19(22-17)25-16-9-5-4-8-15(16)20/h2-11H,1H3,(H2,21,22,23,24). The predicted molar refractivity (Wildman–Crippen MR) is 94.8 cm³/mol. The van der Waals surface area contributed by atoms with Crippen LogP contribution < -0.4 is 10.1 Å². The van der Waals surface area contributed by atoms with Gasteiger partial charge in [0, 0.05) is 17.1 Å². The van der Waals surface area contributed by atoms with Gasteiger partial charge in [-0.1, -0.05) is 30.3 Å². The van der Waals surface area contributed by atoms with E-state index in [-0.39, 0.29) is 5.75 Å². The first-order chi connectivity index (χ1) is 12.2. The number of nitrogens with zero attached hydrogens (tertiary/aromatic N) is 2. The highest BCUT2D eigenvalue weighted by Crippen LogP contribution is 2.32. The third kappa shape index (κ3) is 3.14. The lowest BCUT2D eigenvalue weighted by atomic mass is 10.1. The van der Waals surface area contributed by atoms with Gasteiger partial charge in [-0.05, 0) is 36.6 Å². The topological polar surface area (TPSA) is 62.8 Å². The molecule has 0 saturated heterocycles. The number of pyridine rings is 1. The highest BCUT2D eigenvalue weighted by Gasteiger charge is 2.11. The van der Waals surface area contributed by atoms with Crippen molar-refractivity contribution in [2.75, 3.05) is 5.32 Å². The van der Waals surface area contributed by atoms with E-state index in [4.69, 9.17) is 4.74 Å². The molecule has 0 saturated carbocycles. The van der Waals surface area contributed by atoms with Crippen molar-refractivity contribution >= 4 is 22.4 Å². The van der Waals surface area contributed by atoms with Crippen LogP contribution in [0.1, 0.15) is 5.69 Å². The summed E-state index contributed by atoms with van der Waals surface area (Å²) in [4.78, 5) is 4.49. The number of aromatic amines is 1. The van der Waals surface area contributed by atoms with Gasteiger partial charge in [-0.3, -0.25) is 5.10 Å². The lowest BCUT2D eigenvalue weighted by Crippen LogP contribution is -1.98. The first-order valence-electron chi connectivity index (χ1n) is 7.80. The van der Waals surface area contributed by atoms with E-state index in [1.54, 1.807) is 18.2 Å². The molecule has 0 aliphatic carbocycles. The first kappa shape index (κ1) is 15.1. The van der Waals surface area contributed by atoms with E-state index >= 15 is 0 Å². The fourth-order valence-electron chi connectivity index (χ4n) is 2.55. The summed E-state index contributed by atoms with van der Waals surface area (Å²) in [6.45, 7) is 1.92. The maximum Gasteiger partial charge on any atom is 0.229 e. The predicted octanol–water partition coefficient (Wildman–Crippen LogP) is 4.94. The number of ether oxygens (including phenoxy) is 1. The second-order valence-corrected chi connectivity index (χ2v) is 5.63. The molecule has 124 valence electrons. The van der Waals surface area contributed by atoms with Crippen LogP contribution in [0.5, 0.6) is 11.6 Å². The number of aryl methyl sites for hydroxylation is 1. The number of rotatable bonds is 4. The summed E-state index contributed by atoms with van der Waals surface area (Å²) in [5.41, 5.74) is 0.936. The average Bonchev–Trinajstić information content (AvgIpc) is 3.02. The molecule has 2 N–H and O–H groups in total. The molecule has 0 amide bonds. The van der Waals surface area contributed by atoms with Crippen molar-refractivity contribution in [3.63, 3.8) is 0 Å². The number of anilines is 2. The number of fused-ring (bicyclic) bond motifs is 1. The first-order valence-corrected chi connectivity index (χ1v) is 7.80. The molecule has 2 heterocycles. The second kappa shape index (κ2) is 6.24. The minimum atomic E-state index is -0.435. The number of hydrogen-bond acceptors (Lipinski definition) is 4. The summed E-state index contributed by atoms with van der Waals surface area (Å²) >= 11 is 0. The highest BCUT2D eigenvalue weighted by molar-refractivity contribution is 5.89. The number of H-pyrrole nitrogens is 1. The van der Waals surface area contributed by atoms with Crippen molar-refractivity contribution < 1.29 is 9.13 Å². The fourth-order valence-corrected chi connectivity index (χ4v) is 2.55. The van der Waals surface area contributed by atoms with Crippen LogP contribution in [0.25, 0.3) is 10.8 Å². The summed E-state index contributed by atoms with van der Waals surface area (Å²) in [6.07, 6.45) is 0. The van der Waals surface area contributed by atoms with Crippen molar-refractivity contribution in [3.05, 3.63) is 72.2 Å². The molecule has 0 atom stereocenters. The van der Waals surface area contributed by atoms with Crippen molar-refractivity contribution in [3.8, 4) is 11.6 Å². The van der Waals surface area contributed by atoms with Gasteiger partial charge < -0.3 is 10.1 Å². The van der Waals surface area contributed by atoms with Crippen molar-refractivity contribution in [2.24, 2.45) is 0 Å². The van der Waals surface area contributed by atoms with Gasteiger partial charge in [0.25, 0.3) is 0 Å². The molecule has 0 aliphatic rings. The van der Waals surface area contributed by atoms with Gasteiger partial charge in [0.05, 0.1) is 0 Å². The van der Waals surface area contributed by atoms with Gasteiger partial charge in [0.1, 0.15) is 5.82 Å². The van der Waals surface area contributed by atoms with Crippen LogP contribution in [0.15, 0.2) is 60.7 Å². The zero-order chi connectivity index (χ0) is 17.2. The Morgan fingerprint density at radius 3 is 2.60 bits per heavy atom. The molecule has 25 heavy (non-hydrogen) atoms. The normalized spacial score (nSPS) is 10.8. The van der Waals surface area contributed by atoms with Gasteiger partial charge in [-0.25, -0.2) is 4.39 Å². The summed E-state index contributed by atoms with van der Waals surface area (Å²) in [5.74, 6) is 1.24. The Balaban J connectivity index is 1.77. The lowest BCUT2D eigenvalue weighted by molar-refractivity contribution is 0.433. The minimum Gasteiger partial charge on any atom is -0.435 e. The minimum absolute atomic E-state index is 0.132. The molecule has 2 aromatic heterocycles. The number of para-hydroxylation sites is 1. The molecule has 2 aromatic carbocycles. The zero-order valence-electron chi connectivity index (χ0n) is 13.5. The number of halogens is 1. The van der Waals surface area contributed by atoms with Gasteiger partial charge in [0.2, 0.25) is 5.88 Å². The van der Waals surface area contributed by atoms with Gasteiger partial charge in [-0.2, -0.15) is 10.1 Å². The van der Waals surface area contributed by atoms with Crippen LogP contribution in [-0.4, -0.2) is 15.2 Å². The van der Waals surface area contributed by atoms with Gasteiger partial charge in [0.15, 0.2) is 17.4 Å². The number of aromatic nitrogens is 3. The maximum atomic E-state index is 13.9. The maximum absolute atomic E-state index is 13.9. The Labute approximate surface area is 143 Å². The largest absolute Gasteiger partial charge is 0.435 e. The Hall–Kier alpha value is -3.41. The third-order valence-electron chi connectivity index (χ3n) is 3.71. The molecule has 0 radical (unpaired) electrons. The Bertz CT molecular complexity index is 1040. The van der Waals surface area contributed by atoms with Crippen LogP contribution in [0.4, 0.5) is 16.0 Å². The zero-order valence-corrected chi connectivity index (χ0v) is 13.5. The van der Waals surface area contributed by atoms with E-state index in [2.05, 4.69) is 20.5 Å². The smallest absolute Gasteiger partial charge is 0.229 e. The lowest BCUT2D eigenvalue weighted by Gasteiger charge is -2.11. The van der Waals surface area contributed by atoms with Crippen LogP contribution in [0.3, 0.4) is 0 Å². The highest BCUT2D eigenvalue weighted by atomic mass is 19.1. The van der Waals surface area contributed by atoms with Crippen molar-refractivity contribution in [1.82, 2.24) is 15.2 Å². The number of nitrogens with one attached hydrogen (secondary N) is 2. The van der Waals surface area contributed by atoms with E-state index in [1.165, 1.54) is 6.07 Å². The van der Waals surface area contributed by atoms with Crippen molar-refractivity contribution in [2.45, 2.75) is 6.92 Å². The Kier molecular flexibility index (Phi) is 3.78. The molecule has 4 aromatic rings. The van der Waals surface area contributed by atoms with E-state index in [0.717, 1.165) is 16.5 Å². The molecule has 0 aliphatic heterocycles. The Morgan fingerprint density at radius 2 is 1.80 bits per heavy atom. The van der Waals surface area contributed by atoms with Crippen LogP contribution in [0.2, 0.25) is 0 Å². The monoisotopic (exact) mass is 334 g/mol. The molecule has 6 heteroatoms. The molecule has 4 rings (SSSR count). The quantitative estimate of drug-likeness (QED) is 0.555. The number of benzene rings is 2. The fraction of sp³-hybridized carbons (Fsp3) is 0.0526. The average molecular weight is 334 g/mol. The van der Waals surface area contributed by atoms with Crippen LogP contribution in [-0.2, 0) is 0 Å². The molecule has 0 fully saturated rings. The molecule has 0 spiro atoms. The van der Waals surface area contributed by atoms with E-state index in [1.807, 2.05) is 43.3 Å². The molecular formula is C19H15FN4O. The summed E-state index contributed by atoms with van der Waals surface area (Å²) in [7, 11) is 0. The Morgan fingerprint density at radius 1 is 1.00 bits per heavy atom. The van der Waals surface area contributed by atoms with Crippen molar-refractivity contribution in [1.29, 1.82) is 0 Å². The van der Waals surface area contributed by atoms with E-state index in [9.17, 15) is 4.39 Å². The van der Waals surface area contributed by atoms with Crippen LogP contribution in [0, 0.1) is 12.7 Å². The molecular weight excluding hydrogens is 319 g/mol. The molecule has 0 unspecified atom stereocenters. The molecule has 5 nitrogen and oxygen atoms in total. The SMILES string of the molecule is Cc1cc(Nc2cc3ccccc3c(Oc3ccccc3F)n2)n[nH]1. The number of hydrogen-bond donors (Lipinski definition) is 2. The van der Waals surface area contributed by atoms with E-state index < -0.39 is 5.82 Å². The van der Waals surface area contributed by atoms with Crippen LogP contribution >= 0.6 is 0 Å².